The van der Waals surface area contributed by atoms with Crippen molar-refractivity contribution in [2.45, 2.75) is 198 Å². The first-order valence-electron chi connectivity index (χ1n) is 40.7. The molecule has 0 spiro atoms. The highest BCUT2D eigenvalue weighted by atomic mass is 16.6. The molecule has 6 fully saturated rings. The van der Waals surface area contributed by atoms with Crippen LogP contribution in [-0.4, -0.2) is 114 Å². The van der Waals surface area contributed by atoms with Gasteiger partial charge in [0, 0.05) is 75.5 Å². The summed E-state index contributed by atoms with van der Waals surface area (Å²) in [5.41, 5.74) is 6.47. The molecule has 10 atom stereocenters. The second kappa shape index (κ2) is 41.1. The van der Waals surface area contributed by atoms with Gasteiger partial charge in [0.15, 0.2) is 13.5 Å². The maximum Gasteiger partial charge on any atom is 0.237 e. The summed E-state index contributed by atoms with van der Waals surface area (Å²) in [6.07, 6.45) is 12.6. The number of nitrogens with zero attached hydrogens (tertiary/aromatic N) is 6. The normalized spacial score (nSPS) is 21.4. The van der Waals surface area contributed by atoms with E-state index in [1.165, 1.54) is 19.6 Å². The molecule has 8 heterocycles. The first-order chi connectivity index (χ1) is 53.8. The van der Waals surface area contributed by atoms with Crippen molar-refractivity contribution in [3.63, 3.8) is 0 Å². The fourth-order valence-corrected chi connectivity index (χ4v) is 15.8. The zero-order valence-corrected chi connectivity index (χ0v) is 68.7. The number of ether oxygens (including phenoxy) is 6. The second-order valence-corrected chi connectivity index (χ2v) is 32.7. The maximum absolute atomic E-state index is 13.4. The van der Waals surface area contributed by atoms with E-state index in [9.17, 15) is 38.4 Å². The summed E-state index contributed by atoms with van der Waals surface area (Å²) in [7, 11) is 3.36. The van der Waals surface area contributed by atoms with E-state index in [-0.39, 0.29) is 100 Å². The summed E-state index contributed by atoms with van der Waals surface area (Å²) >= 11 is 0. The van der Waals surface area contributed by atoms with Gasteiger partial charge in [0.05, 0.1) is 72.8 Å². The minimum atomic E-state index is -0.276. The predicted molar refractivity (Wildman–Crippen MR) is 441 cm³/mol. The number of hydrogen-bond acceptors (Lipinski definition) is 16. The van der Waals surface area contributed by atoms with Gasteiger partial charge in [-0.1, -0.05) is 194 Å². The maximum atomic E-state index is 13.4. The summed E-state index contributed by atoms with van der Waals surface area (Å²) in [6, 6.07) is 49.9. The van der Waals surface area contributed by atoms with Gasteiger partial charge < -0.3 is 38.2 Å². The van der Waals surface area contributed by atoms with Crippen molar-refractivity contribution in [1.29, 1.82) is 0 Å². The van der Waals surface area contributed by atoms with Crippen molar-refractivity contribution in [1.82, 2.24) is 0 Å². The Morgan fingerprint density at radius 1 is 0.411 bits per heavy atom. The SMILES string of the molecule is CCC(C)CC(C)(C)C1CC(=O)N(c2ccc3c(c2)CN(c2ccccc2)CO3)C1=O.CCC(C)CC(C)(C)C1CC(=O)N(c2ccccc2)C1=O.CCCCC(C)C1CC(=O)N(c2ccc3c(c2)CN(c2ccccc2)CO3)C1=O.CCCCC(C)C1CC(=O)N(c2ccccc2)C1=O.COCC1CO1.COCC1CO1. The van der Waals surface area contributed by atoms with Crippen LogP contribution in [0, 0.1) is 58.2 Å². The Labute approximate surface area is 665 Å². The van der Waals surface area contributed by atoms with Gasteiger partial charge in [-0.25, -0.2) is 0 Å². The average molecular weight is 1540 g/mol. The molecule has 20 nitrogen and oxygen atoms in total. The third-order valence-corrected chi connectivity index (χ3v) is 22.9. The van der Waals surface area contributed by atoms with E-state index in [0.29, 0.717) is 92.6 Å². The molecule has 0 radical (unpaired) electrons. The third-order valence-electron chi connectivity index (χ3n) is 22.9. The van der Waals surface area contributed by atoms with E-state index in [0.717, 1.165) is 125 Å². The van der Waals surface area contributed by atoms with Gasteiger partial charge in [0.25, 0.3) is 0 Å². The van der Waals surface area contributed by atoms with Crippen molar-refractivity contribution in [2.24, 2.45) is 58.2 Å². The molecule has 20 heteroatoms. The fourth-order valence-electron chi connectivity index (χ4n) is 15.8. The first-order valence-corrected chi connectivity index (χ1v) is 40.7. The van der Waals surface area contributed by atoms with Gasteiger partial charge in [-0.15, -0.1) is 0 Å². The van der Waals surface area contributed by atoms with Crippen LogP contribution >= 0.6 is 0 Å². The Kier molecular flexibility index (Phi) is 31.9. The van der Waals surface area contributed by atoms with Gasteiger partial charge in [0.1, 0.15) is 23.7 Å². The van der Waals surface area contributed by atoms with E-state index in [1.54, 1.807) is 14.2 Å². The number of amides is 8. The largest absolute Gasteiger partial charge is 0.473 e. The van der Waals surface area contributed by atoms with Gasteiger partial charge in [-0.3, -0.25) is 58.0 Å². The molecule has 6 saturated heterocycles. The number of fused-ring (bicyclic) bond motifs is 2. The number of carbonyl (C=O) groups excluding carboxylic acids is 8. The van der Waals surface area contributed by atoms with Crippen LogP contribution in [0.15, 0.2) is 158 Å². The Hall–Kier alpha value is -9.08. The summed E-state index contributed by atoms with van der Waals surface area (Å²) < 4.78 is 31.0. The standard InChI is InChI=1S/C26H32N2O3.C24H28N2O3.C18H25NO2.C16H21NO2.2C4H8O2/c1-5-18(2)15-26(3,4)22-14-24(29)28(25(22)30)21-11-12-23-19(13-21)16-27(17-31-23)20-9-7-6-8-10-20;1-3-4-8-17(2)21-14-23(27)26(24(21)28)20-11-12-22-18(13-20)15-25(16-29-22)19-9-6-5-7-10-19;1-5-13(2)12-18(3,4)15-11-16(20)19(17(15)21)14-9-7-6-8-10-14;1-3-4-8-12(2)14-11-15(18)17(16(14)19)13-9-6-5-7-10-13;2*1-5-2-4-3-6-4/h6-13,18,22H,5,14-17H2,1-4H3;5-7,9-13,17,21H,3-4,8,14-16H2,1-2H3;6-10,13,15H,5,11-12H2,1-4H3;5-7,9-10,12,14H,3-4,8,11H2,1-2H3;2*4H,2-3H2,1H3. The Morgan fingerprint density at radius 3 is 1.04 bits per heavy atom. The highest BCUT2D eigenvalue weighted by molar-refractivity contribution is 6.23. The molecule has 0 aromatic heterocycles. The van der Waals surface area contributed by atoms with Crippen LogP contribution in [0.3, 0.4) is 0 Å². The Bertz CT molecular complexity index is 4060. The van der Waals surface area contributed by atoms with Gasteiger partial charge in [-0.2, -0.15) is 0 Å². The van der Waals surface area contributed by atoms with Crippen molar-refractivity contribution in [3.8, 4) is 11.5 Å². The number of anilines is 6. The smallest absolute Gasteiger partial charge is 0.237 e. The minimum absolute atomic E-state index is 0.0280. The van der Waals surface area contributed by atoms with Crippen LogP contribution in [0.25, 0.3) is 0 Å². The number of methoxy groups -OCH3 is 2. The zero-order valence-electron chi connectivity index (χ0n) is 68.7. The highest BCUT2D eigenvalue weighted by Gasteiger charge is 2.50. The zero-order chi connectivity index (χ0) is 80.8. The molecule has 10 unspecified atom stereocenters. The molecule has 8 aliphatic rings. The van der Waals surface area contributed by atoms with E-state index in [2.05, 4.69) is 105 Å². The molecule has 0 saturated carbocycles. The van der Waals surface area contributed by atoms with E-state index < -0.39 is 0 Å². The first kappa shape index (κ1) is 86.9. The lowest BCUT2D eigenvalue weighted by Crippen LogP contribution is -2.36. The number of epoxide rings is 2. The summed E-state index contributed by atoms with van der Waals surface area (Å²) in [5, 5.41) is 0. The number of carbonyl (C=O) groups is 8. The number of unbranched alkanes of at least 4 members (excludes halogenated alkanes) is 2. The molecule has 604 valence electrons. The van der Waals surface area contributed by atoms with Crippen molar-refractivity contribution in [2.75, 3.05) is 83.5 Å². The van der Waals surface area contributed by atoms with Crippen molar-refractivity contribution >= 4 is 81.4 Å². The van der Waals surface area contributed by atoms with Crippen LogP contribution in [0.2, 0.25) is 0 Å². The lowest BCUT2D eigenvalue weighted by Gasteiger charge is -2.33. The van der Waals surface area contributed by atoms with Crippen LogP contribution in [0.4, 0.5) is 34.1 Å². The van der Waals surface area contributed by atoms with Crippen molar-refractivity contribution < 1.29 is 66.8 Å². The monoisotopic (exact) mass is 1530 g/mol. The molecule has 8 aliphatic heterocycles. The molecule has 6 aromatic rings. The van der Waals surface area contributed by atoms with Gasteiger partial charge >= 0.3 is 0 Å². The van der Waals surface area contributed by atoms with Crippen LogP contribution in [0.5, 0.6) is 11.5 Å². The molecule has 14 rings (SSSR count). The lowest BCUT2D eigenvalue weighted by molar-refractivity contribution is -0.125. The molecule has 0 bridgehead atoms. The molecule has 8 amide bonds. The number of imide groups is 4. The summed E-state index contributed by atoms with van der Waals surface area (Å²) in [5.74, 6) is 1.84. The molecular weight excluding hydrogens is 1410 g/mol. The lowest BCUT2D eigenvalue weighted by atomic mass is 9.72. The van der Waals surface area contributed by atoms with E-state index >= 15 is 0 Å². The fraction of sp³-hybridized carbons (Fsp3) is 0.522. The number of para-hydroxylation sites is 4. The van der Waals surface area contributed by atoms with Crippen molar-refractivity contribution in [3.05, 3.63) is 169 Å². The number of hydrogen-bond donors (Lipinski definition) is 0. The topological polar surface area (TPSA) is 218 Å². The number of rotatable bonds is 26. The number of benzene rings is 6. The van der Waals surface area contributed by atoms with Crippen LogP contribution in [-0.2, 0) is 70.4 Å². The minimum Gasteiger partial charge on any atom is -0.473 e. The van der Waals surface area contributed by atoms with Gasteiger partial charge in [-0.05, 0) is 145 Å². The highest BCUT2D eigenvalue weighted by Crippen LogP contribution is 2.46. The van der Waals surface area contributed by atoms with Gasteiger partial charge in [0.2, 0.25) is 47.3 Å². The second-order valence-electron chi connectivity index (χ2n) is 32.7. The molecule has 6 aromatic carbocycles. The average Bonchev–Trinajstić information content (AvgIpc) is 1.58. The Balaban J connectivity index is 0.000000165. The quantitative estimate of drug-likeness (QED) is 0.0364. The molecule has 0 N–H and O–H groups in total. The van der Waals surface area contributed by atoms with Crippen LogP contribution < -0.4 is 38.9 Å². The molecular formula is C92H122N6O14. The summed E-state index contributed by atoms with van der Waals surface area (Å²) in [6.45, 7) is 31.3. The predicted octanol–water partition coefficient (Wildman–Crippen LogP) is 17.6. The summed E-state index contributed by atoms with van der Waals surface area (Å²) in [4.78, 5) is 111. The molecule has 112 heavy (non-hydrogen) atoms. The molecule has 0 aliphatic carbocycles. The van der Waals surface area contributed by atoms with E-state index in [1.807, 2.05) is 146 Å². The van der Waals surface area contributed by atoms with Crippen LogP contribution in [0.1, 0.15) is 184 Å². The Morgan fingerprint density at radius 2 is 0.723 bits per heavy atom. The third kappa shape index (κ3) is 23.1. The van der Waals surface area contributed by atoms with E-state index in [4.69, 9.17) is 28.4 Å².